The van der Waals surface area contributed by atoms with Gasteiger partial charge in [0.05, 0.1) is 6.61 Å². The van der Waals surface area contributed by atoms with Crippen LogP contribution in [0.2, 0.25) is 0 Å². The van der Waals surface area contributed by atoms with Crippen LogP contribution in [-0.4, -0.2) is 18.1 Å². The second-order valence-corrected chi connectivity index (χ2v) is 5.44. The Bertz CT molecular complexity index is 423. The zero-order valence-electron chi connectivity index (χ0n) is 11.3. The van der Waals surface area contributed by atoms with Crippen LogP contribution in [0.4, 0.5) is 0 Å². The summed E-state index contributed by atoms with van der Waals surface area (Å²) in [6.45, 7) is 6.98. The van der Waals surface area contributed by atoms with Gasteiger partial charge in [-0.05, 0) is 38.0 Å². The van der Waals surface area contributed by atoms with Crippen LogP contribution in [0.3, 0.4) is 0 Å². The molecule has 1 fully saturated rings. The number of amides is 1. The molecule has 0 aliphatic carbocycles. The molecule has 3 heteroatoms. The van der Waals surface area contributed by atoms with Gasteiger partial charge in [0, 0.05) is 17.9 Å². The van der Waals surface area contributed by atoms with Crippen LogP contribution in [0, 0.1) is 0 Å². The van der Waals surface area contributed by atoms with Crippen molar-refractivity contribution in [1.82, 2.24) is 5.32 Å². The number of benzene rings is 1. The average Bonchev–Trinajstić information content (AvgIpc) is 2.60. The first-order valence-corrected chi connectivity index (χ1v) is 6.56. The zero-order valence-corrected chi connectivity index (χ0v) is 11.3. The lowest BCUT2D eigenvalue weighted by Crippen LogP contribution is -2.38. The van der Waals surface area contributed by atoms with Gasteiger partial charge < -0.3 is 10.1 Å². The first kappa shape index (κ1) is 12.9. The lowest BCUT2D eigenvalue weighted by atomic mass is 9.83. The minimum absolute atomic E-state index is 0.135. The van der Waals surface area contributed by atoms with Crippen LogP contribution >= 0.6 is 0 Å². The second-order valence-electron chi connectivity index (χ2n) is 5.44. The smallest absolute Gasteiger partial charge is 0.221 e. The van der Waals surface area contributed by atoms with Crippen molar-refractivity contribution in [1.29, 1.82) is 0 Å². The molecule has 1 N–H and O–H groups in total. The topological polar surface area (TPSA) is 38.3 Å². The predicted octanol–water partition coefficient (Wildman–Crippen LogP) is 2.86. The summed E-state index contributed by atoms with van der Waals surface area (Å²) in [5, 5.41) is 3.02. The molecule has 1 aromatic rings. The lowest BCUT2D eigenvalue weighted by molar-refractivity contribution is -0.119. The van der Waals surface area contributed by atoms with E-state index in [1.807, 2.05) is 12.1 Å². The molecule has 1 unspecified atom stereocenters. The fourth-order valence-corrected chi connectivity index (χ4v) is 2.49. The molecule has 0 spiro atoms. The van der Waals surface area contributed by atoms with E-state index < -0.39 is 0 Å². The molecule has 1 aliphatic heterocycles. The zero-order chi connectivity index (χ0) is 13.2. The summed E-state index contributed by atoms with van der Waals surface area (Å²) in [5.74, 6) is 1.28. The van der Waals surface area contributed by atoms with E-state index in [9.17, 15) is 4.79 Å². The van der Waals surface area contributed by atoms with Gasteiger partial charge in [-0.2, -0.15) is 0 Å². The van der Waals surface area contributed by atoms with E-state index in [1.54, 1.807) is 0 Å². The minimum Gasteiger partial charge on any atom is -0.494 e. The standard InChI is InChI=1S/C15H21NO2/c1-4-9-18-12-7-5-11(6-8-12)13-10-14(17)16-15(13,2)3/h5-8,13H,4,9-10H2,1-3H3,(H,16,17). The number of ether oxygens (including phenoxy) is 1. The fraction of sp³-hybridized carbons (Fsp3) is 0.533. The van der Waals surface area contributed by atoms with Crippen molar-refractivity contribution in [2.24, 2.45) is 0 Å². The molecule has 1 aliphatic rings. The molecule has 2 rings (SSSR count). The van der Waals surface area contributed by atoms with Gasteiger partial charge in [0.2, 0.25) is 5.91 Å². The lowest BCUT2D eigenvalue weighted by Gasteiger charge is -2.26. The molecular weight excluding hydrogens is 226 g/mol. The van der Waals surface area contributed by atoms with E-state index in [-0.39, 0.29) is 17.4 Å². The van der Waals surface area contributed by atoms with E-state index in [2.05, 4.69) is 38.2 Å². The van der Waals surface area contributed by atoms with Gasteiger partial charge in [0.15, 0.2) is 0 Å². The summed E-state index contributed by atoms with van der Waals surface area (Å²) < 4.78 is 5.56. The van der Waals surface area contributed by atoms with E-state index >= 15 is 0 Å². The summed E-state index contributed by atoms with van der Waals surface area (Å²) in [6, 6.07) is 8.11. The first-order valence-electron chi connectivity index (χ1n) is 6.56. The van der Waals surface area contributed by atoms with Crippen LogP contribution in [0.15, 0.2) is 24.3 Å². The van der Waals surface area contributed by atoms with Gasteiger partial charge in [-0.3, -0.25) is 4.79 Å². The predicted molar refractivity (Wildman–Crippen MR) is 71.8 cm³/mol. The van der Waals surface area contributed by atoms with Crippen molar-refractivity contribution in [3.05, 3.63) is 29.8 Å². The Balaban J connectivity index is 2.12. The largest absolute Gasteiger partial charge is 0.494 e. The van der Waals surface area contributed by atoms with Crippen LogP contribution in [0.25, 0.3) is 0 Å². The summed E-state index contributed by atoms with van der Waals surface area (Å²) in [7, 11) is 0. The van der Waals surface area contributed by atoms with Crippen molar-refractivity contribution in [3.8, 4) is 5.75 Å². The first-order chi connectivity index (χ1) is 8.53. The maximum Gasteiger partial charge on any atom is 0.221 e. The van der Waals surface area contributed by atoms with Crippen molar-refractivity contribution in [2.45, 2.75) is 45.1 Å². The van der Waals surface area contributed by atoms with E-state index in [4.69, 9.17) is 4.74 Å². The minimum atomic E-state index is -0.164. The third-order valence-corrected chi connectivity index (χ3v) is 3.48. The maximum absolute atomic E-state index is 11.5. The van der Waals surface area contributed by atoms with E-state index in [0.717, 1.165) is 18.8 Å². The molecule has 1 amide bonds. The highest BCUT2D eigenvalue weighted by Gasteiger charge is 2.39. The molecule has 0 radical (unpaired) electrons. The molecule has 1 saturated heterocycles. The molecular formula is C15H21NO2. The Hall–Kier alpha value is -1.51. The van der Waals surface area contributed by atoms with Gasteiger partial charge in [-0.1, -0.05) is 19.1 Å². The number of carbonyl (C=O) groups is 1. The number of carbonyl (C=O) groups excluding carboxylic acids is 1. The Labute approximate surface area is 109 Å². The number of hydrogen-bond acceptors (Lipinski definition) is 2. The molecule has 18 heavy (non-hydrogen) atoms. The highest BCUT2D eigenvalue weighted by atomic mass is 16.5. The van der Waals surface area contributed by atoms with Crippen LogP contribution in [-0.2, 0) is 4.79 Å². The van der Waals surface area contributed by atoms with Crippen molar-refractivity contribution >= 4 is 5.91 Å². The quantitative estimate of drug-likeness (QED) is 0.888. The molecule has 3 nitrogen and oxygen atoms in total. The Morgan fingerprint density at radius 1 is 1.33 bits per heavy atom. The molecule has 0 saturated carbocycles. The van der Waals surface area contributed by atoms with Gasteiger partial charge in [-0.25, -0.2) is 0 Å². The molecule has 0 bridgehead atoms. The third kappa shape index (κ3) is 2.66. The van der Waals surface area contributed by atoms with E-state index in [1.165, 1.54) is 5.56 Å². The summed E-state index contributed by atoms with van der Waals surface area (Å²) >= 11 is 0. The maximum atomic E-state index is 11.5. The van der Waals surface area contributed by atoms with Gasteiger partial charge >= 0.3 is 0 Å². The third-order valence-electron chi connectivity index (χ3n) is 3.48. The SMILES string of the molecule is CCCOc1ccc(C2CC(=O)NC2(C)C)cc1. The molecule has 1 atom stereocenters. The van der Waals surface area contributed by atoms with Crippen molar-refractivity contribution in [3.63, 3.8) is 0 Å². The molecule has 0 aromatic heterocycles. The molecule has 1 heterocycles. The van der Waals surface area contributed by atoms with Crippen LogP contribution in [0.5, 0.6) is 5.75 Å². The normalized spacial score (nSPS) is 21.7. The van der Waals surface area contributed by atoms with Crippen molar-refractivity contribution < 1.29 is 9.53 Å². The average molecular weight is 247 g/mol. The number of nitrogens with one attached hydrogen (secondary N) is 1. The highest BCUT2D eigenvalue weighted by Crippen LogP contribution is 2.36. The van der Waals surface area contributed by atoms with Crippen molar-refractivity contribution in [2.75, 3.05) is 6.61 Å². The number of hydrogen-bond donors (Lipinski definition) is 1. The second kappa shape index (κ2) is 5.01. The van der Waals surface area contributed by atoms with E-state index in [0.29, 0.717) is 6.42 Å². The summed E-state index contributed by atoms with van der Waals surface area (Å²) in [6.07, 6.45) is 1.58. The Morgan fingerprint density at radius 3 is 2.50 bits per heavy atom. The Morgan fingerprint density at radius 2 is 2.00 bits per heavy atom. The van der Waals surface area contributed by atoms with Gasteiger partial charge in [-0.15, -0.1) is 0 Å². The van der Waals surface area contributed by atoms with Crippen LogP contribution < -0.4 is 10.1 Å². The summed E-state index contributed by atoms with van der Waals surface area (Å²) in [4.78, 5) is 11.5. The van der Waals surface area contributed by atoms with Crippen LogP contribution in [0.1, 0.15) is 45.1 Å². The number of rotatable bonds is 4. The van der Waals surface area contributed by atoms with Gasteiger partial charge in [0.1, 0.15) is 5.75 Å². The Kier molecular flexibility index (Phi) is 3.60. The fourth-order valence-electron chi connectivity index (χ4n) is 2.49. The molecule has 98 valence electrons. The van der Waals surface area contributed by atoms with Gasteiger partial charge in [0.25, 0.3) is 0 Å². The highest BCUT2D eigenvalue weighted by molar-refractivity contribution is 5.81. The summed E-state index contributed by atoms with van der Waals surface area (Å²) in [5.41, 5.74) is 1.03. The molecule has 1 aromatic carbocycles. The monoisotopic (exact) mass is 247 g/mol.